The number of pyridine rings is 1. The molecule has 0 saturated carbocycles. The highest BCUT2D eigenvalue weighted by molar-refractivity contribution is 7.19. The van der Waals surface area contributed by atoms with Gasteiger partial charge >= 0.3 is 11.9 Å². The van der Waals surface area contributed by atoms with Gasteiger partial charge in [0.15, 0.2) is 5.82 Å². The predicted octanol–water partition coefficient (Wildman–Crippen LogP) is 5.87. The van der Waals surface area contributed by atoms with E-state index in [2.05, 4.69) is 34.1 Å². The van der Waals surface area contributed by atoms with E-state index in [1.54, 1.807) is 24.4 Å². The van der Waals surface area contributed by atoms with E-state index in [9.17, 15) is 24.2 Å². The lowest BCUT2D eigenvalue weighted by Crippen LogP contribution is -2.23. The number of hydrogen-bond acceptors (Lipinski definition) is 7. The molecule has 3 N–H and O–H groups in total. The Hall–Kier alpha value is -3.92. The maximum absolute atomic E-state index is 13.5. The molecule has 0 radical (unpaired) electrons. The third-order valence-electron chi connectivity index (χ3n) is 5.29. The summed E-state index contributed by atoms with van der Waals surface area (Å²) in [6, 6.07) is 11.4. The van der Waals surface area contributed by atoms with Gasteiger partial charge in [0.05, 0.1) is 17.6 Å². The SMILES string of the molecule is CCCC.Cc1sc2nc(C(C(=O)O)C(=O)O)nc(NCc3ccccn3)c2c1-c1ccc(F)cc1. The van der Waals surface area contributed by atoms with Crippen LogP contribution in [0.25, 0.3) is 21.3 Å². The highest BCUT2D eigenvalue weighted by Gasteiger charge is 2.32. The molecule has 36 heavy (non-hydrogen) atoms. The van der Waals surface area contributed by atoms with Crippen molar-refractivity contribution in [3.8, 4) is 11.1 Å². The normalized spacial score (nSPS) is 10.7. The number of aliphatic carboxylic acids is 2. The summed E-state index contributed by atoms with van der Waals surface area (Å²) in [6.07, 6.45) is 4.28. The summed E-state index contributed by atoms with van der Waals surface area (Å²) < 4.78 is 13.5. The zero-order chi connectivity index (χ0) is 26.2. The van der Waals surface area contributed by atoms with Gasteiger partial charge in [0.2, 0.25) is 5.92 Å². The van der Waals surface area contributed by atoms with Crippen molar-refractivity contribution < 1.29 is 24.2 Å². The Morgan fingerprint density at radius 3 is 2.25 bits per heavy atom. The van der Waals surface area contributed by atoms with E-state index in [1.807, 2.05) is 19.1 Å². The third-order valence-corrected chi connectivity index (χ3v) is 6.29. The minimum absolute atomic E-state index is 0.273. The number of aryl methyl sites for hydroxylation is 1. The van der Waals surface area contributed by atoms with Crippen molar-refractivity contribution in [2.24, 2.45) is 0 Å². The van der Waals surface area contributed by atoms with Crippen molar-refractivity contribution in [2.75, 3.05) is 5.32 Å². The zero-order valence-corrected chi connectivity index (χ0v) is 21.0. The molecule has 0 amide bonds. The molecule has 0 spiro atoms. The Bertz CT molecular complexity index is 1330. The number of halogens is 1. The van der Waals surface area contributed by atoms with Crippen molar-refractivity contribution in [1.29, 1.82) is 0 Å². The van der Waals surface area contributed by atoms with E-state index in [4.69, 9.17) is 0 Å². The molecule has 0 saturated heterocycles. The molecular weight excluding hydrogens is 483 g/mol. The van der Waals surface area contributed by atoms with Gasteiger partial charge in [0.25, 0.3) is 0 Å². The highest BCUT2D eigenvalue weighted by Crippen LogP contribution is 2.41. The lowest BCUT2D eigenvalue weighted by molar-refractivity contribution is -0.150. The summed E-state index contributed by atoms with van der Waals surface area (Å²) in [5.74, 6) is -5.44. The van der Waals surface area contributed by atoms with Crippen LogP contribution in [0.5, 0.6) is 0 Å². The topological polar surface area (TPSA) is 125 Å². The number of hydrogen-bond donors (Lipinski definition) is 3. The Balaban J connectivity index is 0.000000840. The highest BCUT2D eigenvalue weighted by atomic mass is 32.1. The number of fused-ring (bicyclic) bond motifs is 1. The molecule has 188 valence electrons. The number of benzene rings is 1. The first-order valence-electron chi connectivity index (χ1n) is 11.4. The van der Waals surface area contributed by atoms with Gasteiger partial charge in [-0.25, -0.2) is 14.4 Å². The van der Waals surface area contributed by atoms with Crippen molar-refractivity contribution in [2.45, 2.75) is 46.1 Å². The van der Waals surface area contributed by atoms with Crippen molar-refractivity contribution in [3.63, 3.8) is 0 Å². The average molecular weight is 511 g/mol. The molecule has 0 aliphatic rings. The number of thiophene rings is 1. The Morgan fingerprint density at radius 2 is 1.69 bits per heavy atom. The van der Waals surface area contributed by atoms with Crippen LogP contribution in [0.3, 0.4) is 0 Å². The third kappa shape index (κ3) is 6.19. The molecule has 8 nitrogen and oxygen atoms in total. The molecule has 0 unspecified atom stereocenters. The van der Waals surface area contributed by atoms with E-state index in [-0.39, 0.29) is 24.0 Å². The number of aromatic nitrogens is 3. The molecule has 4 rings (SSSR count). The number of nitrogens with one attached hydrogen (secondary N) is 1. The Morgan fingerprint density at radius 1 is 1.03 bits per heavy atom. The number of carbonyl (C=O) groups is 2. The lowest BCUT2D eigenvalue weighted by atomic mass is 10.0. The van der Waals surface area contributed by atoms with Crippen LogP contribution in [0.4, 0.5) is 10.2 Å². The van der Waals surface area contributed by atoms with Crippen LogP contribution in [0.15, 0.2) is 48.7 Å². The predicted molar refractivity (Wildman–Crippen MR) is 138 cm³/mol. The summed E-state index contributed by atoms with van der Waals surface area (Å²) in [4.78, 5) is 37.2. The quantitative estimate of drug-likeness (QED) is 0.251. The van der Waals surface area contributed by atoms with Gasteiger partial charge in [0, 0.05) is 16.6 Å². The van der Waals surface area contributed by atoms with Crippen LogP contribution in [-0.4, -0.2) is 37.1 Å². The molecule has 0 atom stereocenters. The first-order chi connectivity index (χ1) is 17.3. The van der Waals surface area contributed by atoms with E-state index in [0.717, 1.165) is 16.0 Å². The van der Waals surface area contributed by atoms with E-state index in [0.29, 0.717) is 15.9 Å². The average Bonchev–Trinajstić information content (AvgIpc) is 3.19. The van der Waals surface area contributed by atoms with Crippen molar-refractivity contribution in [3.05, 3.63) is 70.9 Å². The van der Waals surface area contributed by atoms with E-state index < -0.39 is 17.9 Å². The van der Waals surface area contributed by atoms with Crippen LogP contribution in [0.1, 0.15) is 49.0 Å². The van der Waals surface area contributed by atoms with E-state index >= 15 is 0 Å². The standard InChI is InChI=1S/C22H17FN4O4S.C4H10/c1-11-15(12-5-7-13(23)8-6-12)16-18(25-10-14-4-2-3-9-24-14)26-19(27-20(16)32-11)17(21(28)29)22(30)31;1-3-4-2/h2-9,17H,10H2,1H3,(H,28,29)(H,30,31)(H,25,26,27);3-4H2,1-2H3. The van der Waals surface area contributed by atoms with Crippen molar-refractivity contribution >= 4 is 39.3 Å². The van der Waals surface area contributed by atoms with Gasteiger partial charge in [-0.3, -0.25) is 14.6 Å². The van der Waals surface area contributed by atoms with Crippen LogP contribution >= 0.6 is 11.3 Å². The number of carboxylic acids is 2. The van der Waals surface area contributed by atoms with Crippen LogP contribution in [0.2, 0.25) is 0 Å². The molecule has 10 heteroatoms. The zero-order valence-electron chi connectivity index (χ0n) is 20.2. The maximum atomic E-state index is 13.5. The second-order valence-electron chi connectivity index (χ2n) is 7.93. The molecule has 1 aromatic carbocycles. The largest absolute Gasteiger partial charge is 0.480 e. The fourth-order valence-electron chi connectivity index (χ4n) is 3.35. The molecular formula is C26H27FN4O4S. The fourth-order valence-corrected chi connectivity index (χ4v) is 4.40. The maximum Gasteiger partial charge on any atom is 0.325 e. The van der Waals surface area contributed by atoms with Gasteiger partial charge < -0.3 is 15.5 Å². The van der Waals surface area contributed by atoms with Gasteiger partial charge in [-0.1, -0.05) is 44.9 Å². The van der Waals surface area contributed by atoms with Crippen LogP contribution < -0.4 is 5.32 Å². The van der Waals surface area contributed by atoms with Gasteiger partial charge in [-0.2, -0.15) is 0 Å². The molecule has 0 aliphatic heterocycles. The number of carboxylic acid groups (broad SMARTS) is 2. The summed E-state index contributed by atoms with van der Waals surface area (Å²) >= 11 is 1.28. The second kappa shape index (κ2) is 12.2. The minimum atomic E-state index is -1.91. The fraction of sp³-hybridized carbons (Fsp3) is 0.269. The molecule has 0 bridgehead atoms. The summed E-state index contributed by atoms with van der Waals surface area (Å²) in [5, 5.41) is 22.6. The van der Waals surface area contributed by atoms with Crippen LogP contribution in [-0.2, 0) is 16.1 Å². The van der Waals surface area contributed by atoms with Gasteiger partial charge in [-0.05, 0) is 36.8 Å². The summed E-state index contributed by atoms with van der Waals surface area (Å²) in [5.41, 5.74) is 2.21. The summed E-state index contributed by atoms with van der Waals surface area (Å²) in [6.45, 7) is 6.49. The molecule has 0 fully saturated rings. The Kier molecular flexibility index (Phi) is 9.02. The van der Waals surface area contributed by atoms with Crippen molar-refractivity contribution in [1.82, 2.24) is 15.0 Å². The van der Waals surface area contributed by atoms with E-state index in [1.165, 1.54) is 36.3 Å². The molecule has 0 aliphatic carbocycles. The van der Waals surface area contributed by atoms with Crippen LogP contribution in [0, 0.1) is 12.7 Å². The number of unbranched alkanes of at least 4 members (excludes halogenated alkanes) is 1. The number of nitrogens with zero attached hydrogens (tertiary/aromatic N) is 3. The first-order valence-corrected chi connectivity index (χ1v) is 12.2. The molecule has 3 aromatic heterocycles. The smallest absolute Gasteiger partial charge is 0.325 e. The lowest BCUT2D eigenvalue weighted by Gasteiger charge is -2.12. The minimum Gasteiger partial charge on any atom is -0.480 e. The van der Waals surface area contributed by atoms with Gasteiger partial charge in [0.1, 0.15) is 16.5 Å². The number of anilines is 1. The summed E-state index contributed by atoms with van der Waals surface area (Å²) in [7, 11) is 0. The molecule has 3 heterocycles. The second-order valence-corrected chi connectivity index (χ2v) is 9.14. The van der Waals surface area contributed by atoms with Gasteiger partial charge in [-0.15, -0.1) is 11.3 Å². The Labute approximate surface area is 211 Å². The number of rotatable bonds is 8. The first kappa shape index (κ1) is 26.7. The monoisotopic (exact) mass is 510 g/mol. The molecule has 4 aromatic rings.